The van der Waals surface area contributed by atoms with E-state index < -0.39 is 21.7 Å². The van der Waals surface area contributed by atoms with Crippen LogP contribution in [-0.4, -0.2) is 34.3 Å². The van der Waals surface area contributed by atoms with Gasteiger partial charge in [-0.2, -0.15) is 0 Å². The molecule has 1 aromatic carbocycles. The molecule has 1 unspecified atom stereocenters. The maximum Gasteiger partial charge on any atom is 0.332 e. The predicted octanol–water partition coefficient (Wildman–Crippen LogP) is 4.79. The second-order valence-corrected chi connectivity index (χ2v) is 18.8. The third-order valence-electron chi connectivity index (χ3n) is 4.74. The molecule has 0 radical (unpaired) electrons. The van der Waals surface area contributed by atoms with Crippen molar-refractivity contribution < 1.29 is 14.3 Å². The van der Waals surface area contributed by atoms with Crippen LogP contribution in [0.4, 0.5) is 0 Å². The van der Waals surface area contributed by atoms with Crippen LogP contribution in [-0.2, 0) is 14.3 Å². The van der Waals surface area contributed by atoms with Gasteiger partial charge in [-0.1, -0.05) is 69.6 Å². The Morgan fingerprint density at radius 1 is 1.00 bits per heavy atom. The molecule has 1 heterocycles. The molecule has 1 aliphatic carbocycles. The monoisotopic (exact) mass is 372 g/mol. The van der Waals surface area contributed by atoms with Crippen LogP contribution in [0.15, 0.2) is 46.5 Å². The summed E-state index contributed by atoms with van der Waals surface area (Å²) in [4.78, 5) is 13.0. The lowest BCUT2D eigenvalue weighted by atomic mass is 9.97. The molecule has 0 saturated heterocycles. The fourth-order valence-corrected chi connectivity index (χ4v) is 7.86. The zero-order valence-electron chi connectivity index (χ0n) is 16.3. The van der Waals surface area contributed by atoms with Gasteiger partial charge in [0.15, 0.2) is 0 Å². The Morgan fingerprint density at radius 3 is 2.08 bits per heavy atom. The van der Waals surface area contributed by atoms with Crippen molar-refractivity contribution in [1.29, 1.82) is 0 Å². The Bertz CT molecular complexity index is 779. The fraction of sp³-hybridized carbons (Fsp3) is 0.450. The first-order chi connectivity index (χ1) is 11.5. The lowest BCUT2D eigenvalue weighted by Gasteiger charge is -2.23. The first-order valence-corrected chi connectivity index (χ1v) is 16.0. The van der Waals surface area contributed by atoms with Crippen LogP contribution in [0.3, 0.4) is 0 Å². The van der Waals surface area contributed by atoms with Gasteiger partial charge >= 0.3 is 5.97 Å². The molecule has 5 heteroatoms. The van der Waals surface area contributed by atoms with E-state index in [1.807, 2.05) is 25.1 Å². The molecule has 1 aliphatic heterocycles. The van der Waals surface area contributed by atoms with Gasteiger partial charge in [-0.25, -0.2) is 4.79 Å². The standard InChI is InChI=1S/C20H28O3Si2/c1-8-22-17-18(25(5,6)7)20(17)15(14-12-10-9-11-13-14)16(19(21)23-20)24(2,3)4/h9-13H,8H2,1-7H3. The van der Waals surface area contributed by atoms with Crippen molar-refractivity contribution in [3.8, 4) is 0 Å². The molecule has 0 aromatic heterocycles. The van der Waals surface area contributed by atoms with Gasteiger partial charge in [0.25, 0.3) is 0 Å². The van der Waals surface area contributed by atoms with Crippen molar-refractivity contribution in [1.82, 2.24) is 0 Å². The number of hydrogen-bond acceptors (Lipinski definition) is 3. The summed E-state index contributed by atoms with van der Waals surface area (Å²) in [5, 5.41) is 2.14. The predicted molar refractivity (Wildman–Crippen MR) is 108 cm³/mol. The Hall–Kier alpha value is -1.60. The normalized spacial score (nSPS) is 23.4. The topological polar surface area (TPSA) is 35.5 Å². The second-order valence-electron chi connectivity index (χ2n) is 8.82. The molecular formula is C20H28O3Si2. The van der Waals surface area contributed by atoms with E-state index in [0.717, 1.165) is 22.1 Å². The Morgan fingerprint density at radius 2 is 1.60 bits per heavy atom. The Balaban J connectivity index is 2.26. The summed E-state index contributed by atoms with van der Waals surface area (Å²) in [5.41, 5.74) is 1.41. The van der Waals surface area contributed by atoms with E-state index in [1.54, 1.807) is 0 Å². The van der Waals surface area contributed by atoms with E-state index in [0.29, 0.717) is 6.61 Å². The highest BCUT2D eigenvalue weighted by Gasteiger charge is 2.70. The summed E-state index contributed by atoms with van der Waals surface area (Å²) in [7, 11) is -3.58. The van der Waals surface area contributed by atoms with Gasteiger partial charge in [-0.15, -0.1) is 0 Å². The molecule has 3 nitrogen and oxygen atoms in total. The van der Waals surface area contributed by atoms with Crippen LogP contribution in [0, 0.1) is 0 Å². The fourth-order valence-electron chi connectivity index (χ4n) is 3.92. The lowest BCUT2D eigenvalue weighted by Crippen LogP contribution is -2.30. The van der Waals surface area contributed by atoms with E-state index in [1.165, 1.54) is 5.20 Å². The second kappa shape index (κ2) is 5.71. The quantitative estimate of drug-likeness (QED) is 0.550. The summed E-state index contributed by atoms with van der Waals surface area (Å²) >= 11 is 0. The molecule has 25 heavy (non-hydrogen) atoms. The van der Waals surface area contributed by atoms with Gasteiger partial charge in [0.1, 0.15) is 5.76 Å². The Kier molecular flexibility index (Phi) is 4.16. The average molecular weight is 373 g/mol. The molecular weight excluding hydrogens is 344 g/mol. The molecule has 0 N–H and O–H groups in total. The Labute approximate surface area is 152 Å². The van der Waals surface area contributed by atoms with Crippen LogP contribution in [0.2, 0.25) is 39.3 Å². The minimum atomic E-state index is -1.88. The molecule has 134 valence electrons. The third kappa shape index (κ3) is 2.73. The van der Waals surface area contributed by atoms with Crippen molar-refractivity contribution in [2.45, 2.75) is 51.8 Å². The molecule has 0 fully saturated rings. The van der Waals surface area contributed by atoms with Crippen LogP contribution >= 0.6 is 0 Å². The van der Waals surface area contributed by atoms with Crippen molar-refractivity contribution in [2.24, 2.45) is 0 Å². The highest BCUT2D eigenvalue weighted by Crippen LogP contribution is 2.63. The van der Waals surface area contributed by atoms with Crippen molar-refractivity contribution in [2.75, 3.05) is 6.61 Å². The molecule has 1 atom stereocenters. The summed E-state index contributed by atoms with van der Waals surface area (Å²) in [5.74, 6) is 0.748. The summed E-state index contributed by atoms with van der Waals surface area (Å²) in [6, 6.07) is 10.2. The molecule has 0 amide bonds. The number of ether oxygens (including phenoxy) is 2. The SMILES string of the molecule is CCOC1=C([Si](C)(C)C)C12OC(=O)C([Si](C)(C)C)=C2c1ccccc1. The number of esters is 1. The first kappa shape index (κ1) is 18.2. The smallest absolute Gasteiger partial charge is 0.332 e. The van der Waals surface area contributed by atoms with Gasteiger partial charge in [0.2, 0.25) is 5.60 Å². The molecule has 3 rings (SSSR count). The van der Waals surface area contributed by atoms with E-state index in [2.05, 4.69) is 51.4 Å². The summed E-state index contributed by atoms with van der Waals surface area (Å²) in [6.45, 7) is 16.1. The van der Waals surface area contributed by atoms with E-state index in [-0.39, 0.29) is 5.97 Å². The average Bonchev–Trinajstić information content (AvgIpc) is 2.99. The molecule has 0 bridgehead atoms. The number of carbonyl (C=O) groups excluding carboxylic acids is 1. The largest absolute Gasteiger partial charge is 0.493 e. The number of carbonyl (C=O) groups is 1. The van der Waals surface area contributed by atoms with Gasteiger partial charge < -0.3 is 9.47 Å². The van der Waals surface area contributed by atoms with Gasteiger partial charge in [0, 0.05) is 16.0 Å². The summed E-state index contributed by atoms with van der Waals surface area (Å²) in [6.07, 6.45) is 0. The molecule has 2 aliphatic rings. The van der Waals surface area contributed by atoms with Crippen molar-refractivity contribution >= 4 is 27.7 Å². The van der Waals surface area contributed by atoms with Crippen LogP contribution in [0.25, 0.3) is 5.57 Å². The molecule has 1 aromatic rings. The number of benzene rings is 1. The third-order valence-corrected chi connectivity index (χ3v) is 8.77. The highest BCUT2D eigenvalue weighted by atomic mass is 28.3. The maximum atomic E-state index is 13.0. The minimum Gasteiger partial charge on any atom is -0.493 e. The zero-order chi connectivity index (χ0) is 18.6. The minimum absolute atomic E-state index is 0.150. The summed E-state index contributed by atoms with van der Waals surface area (Å²) < 4.78 is 12.1. The molecule has 0 saturated carbocycles. The van der Waals surface area contributed by atoms with Gasteiger partial charge in [0.05, 0.1) is 22.8 Å². The van der Waals surface area contributed by atoms with E-state index >= 15 is 0 Å². The molecule has 1 spiro atoms. The van der Waals surface area contributed by atoms with Crippen molar-refractivity contribution in [3.05, 3.63) is 52.0 Å². The van der Waals surface area contributed by atoms with E-state index in [4.69, 9.17) is 9.47 Å². The van der Waals surface area contributed by atoms with Gasteiger partial charge in [-0.05, 0) is 12.5 Å². The number of rotatable bonds is 5. The maximum absolute atomic E-state index is 13.0. The highest BCUT2D eigenvalue weighted by molar-refractivity contribution is 6.89. The number of hydrogen-bond donors (Lipinski definition) is 0. The zero-order valence-corrected chi connectivity index (χ0v) is 18.3. The van der Waals surface area contributed by atoms with Gasteiger partial charge in [-0.3, -0.25) is 0 Å². The van der Waals surface area contributed by atoms with Crippen molar-refractivity contribution in [3.63, 3.8) is 0 Å². The van der Waals surface area contributed by atoms with Crippen LogP contribution in [0.1, 0.15) is 12.5 Å². The van der Waals surface area contributed by atoms with Crippen LogP contribution in [0.5, 0.6) is 0 Å². The lowest BCUT2D eigenvalue weighted by molar-refractivity contribution is -0.140. The first-order valence-electron chi connectivity index (χ1n) is 8.97. The van der Waals surface area contributed by atoms with E-state index in [9.17, 15) is 4.79 Å². The van der Waals surface area contributed by atoms with Crippen LogP contribution < -0.4 is 0 Å².